The van der Waals surface area contributed by atoms with E-state index in [-0.39, 0.29) is 0 Å². The maximum atomic E-state index is 2.41. The van der Waals surface area contributed by atoms with Gasteiger partial charge in [-0.25, -0.2) is 0 Å². The zero-order valence-electron chi connectivity index (χ0n) is 31.3. The molecule has 266 valence electrons. The summed E-state index contributed by atoms with van der Waals surface area (Å²) < 4.78 is 0. The molecule has 0 N–H and O–H groups in total. The van der Waals surface area contributed by atoms with Gasteiger partial charge in [-0.2, -0.15) is 0 Å². The monoisotopic (exact) mass is 723 g/mol. The standard InChI is InChI=1S/C56H37N/c1-2-10-38(11-3-1)40-24-29-48(30-25-40)57(49-31-26-41(27-32-49)45-22-18-39-12-4-5-14-44(39)36-45)55-35-34-50(53-16-8-9-17-54(53)55)46-28-33-52-47(37-46)23-21-43-20-19-42-13-6-7-15-51(42)56(43)52/h1-37H. The van der Waals surface area contributed by atoms with Crippen LogP contribution in [0.5, 0.6) is 0 Å². The Kier molecular flexibility index (Phi) is 7.89. The molecule has 0 atom stereocenters. The smallest absolute Gasteiger partial charge is 0.0540 e. The molecule has 0 aromatic heterocycles. The van der Waals surface area contributed by atoms with Crippen molar-refractivity contribution in [3.05, 3.63) is 224 Å². The van der Waals surface area contributed by atoms with Crippen LogP contribution in [0.25, 0.3) is 87.2 Å². The van der Waals surface area contributed by atoms with Crippen LogP contribution in [0.1, 0.15) is 0 Å². The lowest BCUT2D eigenvalue weighted by Crippen LogP contribution is -2.10. The maximum absolute atomic E-state index is 2.41. The topological polar surface area (TPSA) is 3.24 Å². The minimum atomic E-state index is 1.11. The fraction of sp³-hybridized carbons (Fsp3) is 0. The van der Waals surface area contributed by atoms with E-state index in [9.17, 15) is 0 Å². The van der Waals surface area contributed by atoms with Crippen LogP contribution < -0.4 is 4.90 Å². The minimum Gasteiger partial charge on any atom is -0.310 e. The maximum Gasteiger partial charge on any atom is 0.0540 e. The molecule has 1 heteroatoms. The molecular formula is C56H37N. The van der Waals surface area contributed by atoms with Crippen LogP contribution in [0.4, 0.5) is 17.1 Å². The van der Waals surface area contributed by atoms with Crippen molar-refractivity contribution in [2.24, 2.45) is 0 Å². The molecule has 11 aromatic carbocycles. The summed E-state index contributed by atoms with van der Waals surface area (Å²) in [6.45, 7) is 0. The molecule has 0 unspecified atom stereocenters. The molecule has 0 bridgehead atoms. The van der Waals surface area contributed by atoms with E-state index >= 15 is 0 Å². The highest BCUT2D eigenvalue weighted by molar-refractivity contribution is 6.21. The van der Waals surface area contributed by atoms with Crippen LogP contribution in [0.15, 0.2) is 224 Å². The highest BCUT2D eigenvalue weighted by Crippen LogP contribution is 2.44. The van der Waals surface area contributed by atoms with Crippen LogP contribution >= 0.6 is 0 Å². The van der Waals surface area contributed by atoms with Gasteiger partial charge in [0.05, 0.1) is 5.69 Å². The predicted octanol–water partition coefficient (Wildman–Crippen LogP) is 15.9. The molecule has 0 saturated carbocycles. The third-order valence-electron chi connectivity index (χ3n) is 11.6. The van der Waals surface area contributed by atoms with Gasteiger partial charge in [0.15, 0.2) is 0 Å². The molecule has 0 fully saturated rings. The van der Waals surface area contributed by atoms with Crippen LogP contribution in [-0.2, 0) is 0 Å². The van der Waals surface area contributed by atoms with Gasteiger partial charge in [-0.05, 0) is 124 Å². The quantitative estimate of drug-likeness (QED) is 0.154. The van der Waals surface area contributed by atoms with Gasteiger partial charge in [0.2, 0.25) is 0 Å². The number of benzene rings is 11. The molecule has 11 rings (SSSR count). The molecule has 0 aliphatic carbocycles. The second-order valence-corrected chi connectivity index (χ2v) is 14.9. The molecule has 0 spiro atoms. The van der Waals surface area contributed by atoms with E-state index in [2.05, 4.69) is 229 Å². The molecule has 57 heavy (non-hydrogen) atoms. The first-order chi connectivity index (χ1) is 28.2. The average molecular weight is 724 g/mol. The number of hydrogen-bond acceptors (Lipinski definition) is 1. The minimum absolute atomic E-state index is 1.11. The second-order valence-electron chi connectivity index (χ2n) is 14.9. The van der Waals surface area contributed by atoms with Gasteiger partial charge in [0, 0.05) is 16.8 Å². The van der Waals surface area contributed by atoms with E-state index < -0.39 is 0 Å². The van der Waals surface area contributed by atoms with E-state index in [0.29, 0.717) is 0 Å². The summed E-state index contributed by atoms with van der Waals surface area (Å²) in [5, 5.41) is 12.6. The largest absolute Gasteiger partial charge is 0.310 e. The van der Waals surface area contributed by atoms with Crippen LogP contribution in [-0.4, -0.2) is 0 Å². The summed E-state index contributed by atoms with van der Waals surface area (Å²) >= 11 is 0. The molecule has 0 saturated heterocycles. The Hall–Kier alpha value is -7.48. The molecule has 11 aromatic rings. The van der Waals surface area contributed by atoms with E-state index in [1.165, 1.54) is 87.2 Å². The number of rotatable bonds is 6. The first-order valence-electron chi connectivity index (χ1n) is 19.7. The number of nitrogens with zero attached hydrogens (tertiary/aromatic N) is 1. The highest BCUT2D eigenvalue weighted by Gasteiger charge is 2.18. The summed E-state index contributed by atoms with van der Waals surface area (Å²) in [5.74, 6) is 0. The van der Waals surface area contributed by atoms with Gasteiger partial charge in [-0.1, -0.05) is 182 Å². The third kappa shape index (κ3) is 5.80. The summed E-state index contributed by atoms with van der Waals surface area (Å²) in [6, 6.07) is 82.1. The Morgan fingerprint density at radius 1 is 0.246 bits per heavy atom. The zero-order chi connectivity index (χ0) is 37.7. The van der Waals surface area contributed by atoms with Gasteiger partial charge >= 0.3 is 0 Å². The highest BCUT2D eigenvalue weighted by atomic mass is 15.1. The van der Waals surface area contributed by atoms with Crippen molar-refractivity contribution in [3.8, 4) is 33.4 Å². The second kappa shape index (κ2) is 13.7. The molecule has 0 amide bonds. The fourth-order valence-corrected chi connectivity index (χ4v) is 8.77. The predicted molar refractivity (Wildman–Crippen MR) is 245 cm³/mol. The van der Waals surface area contributed by atoms with Crippen LogP contribution in [0, 0.1) is 0 Å². The lowest BCUT2D eigenvalue weighted by atomic mass is 9.92. The van der Waals surface area contributed by atoms with Gasteiger partial charge < -0.3 is 4.90 Å². The Morgan fingerprint density at radius 2 is 0.737 bits per heavy atom. The summed E-state index contributed by atoms with van der Waals surface area (Å²) in [5.41, 5.74) is 10.6. The van der Waals surface area contributed by atoms with Crippen molar-refractivity contribution in [2.75, 3.05) is 4.90 Å². The van der Waals surface area contributed by atoms with Crippen molar-refractivity contribution in [2.45, 2.75) is 0 Å². The average Bonchev–Trinajstić information content (AvgIpc) is 3.29. The van der Waals surface area contributed by atoms with Crippen LogP contribution in [0.3, 0.4) is 0 Å². The normalized spacial score (nSPS) is 11.5. The van der Waals surface area contributed by atoms with Crippen molar-refractivity contribution in [1.29, 1.82) is 0 Å². The van der Waals surface area contributed by atoms with Crippen molar-refractivity contribution in [1.82, 2.24) is 0 Å². The molecule has 0 aliphatic heterocycles. The van der Waals surface area contributed by atoms with Crippen molar-refractivity contribution < 1.29 is 0 Å². The van der Waals surface area contributed by atoms with Gasteiger partial charge in [0.1, 0.15) is 0 Å². The van der Waals surface area contributed by atoms with Crippen molar-refractivity contribution >= 4 is 70.9 Å². The Labute approximate surface area is 332 Å². The summed E-state index contributed by atoms with van der Waals surface area (Å²) in [7, 11) is 0. The number of fused-ring (bicyclic) bond motifs is 7. The van der Waals surface area contributed by atoms with E-state index in [1.54, 1.807) is 0 Å². The number of hydrogen-bond donors (Lipinski definition) is 0. The van der Waals surface area contributed by atoms with Crippen molar-refractivity contribution in [3.63, 3.8) is 0 Å². The lowest BCUT2D eigenvalue weighted by molar-refractivity contribution is 1.30. The molecule has 0 radical (unpaired) electrons. The molecule has 0 heterocycles. The molecule has 1 nitrogen and oxygen atoms in total. The summed E-state index contributed by atoms with van der Waals surface area (Å²) in [6.07, 6.45) is 0. The SMILES string of the molecule is c1ccc(-c2ccc(N(c3ccc(-c4ccc5ccccc5c4)cc3)c3ccc(-c4ccc5c(ccc6ccc7ccccc7c65)c4)c4ccccc34)cc2)cc1. The Morgan fingerprint density at radius 3 is 1.49 bits per heavy atom. The van der Waals surface area contributed by atoms with Crippen LogP contribution in [0.2, 0.25) is 0 Å². The van der Waals surface area contributed by atoms with Gasteiger partial charge in [-0.3, -0.25) is 0 Å². The zero-order valence-corrected chi connectivity index (χ0v) is 31.3. The summed E-state index contributed by atoms with van der Waals surface area (Å²) in [4.78, 5) is 2.41. The van der Waals surface area contributed by atoms with E-state index in [0.717, 1.165) is 17.1 Å². The fourth-order valence-electron chi connectivity index (χ4n) is 8.77. The Bertz CT molecular complexity index is 3270. The van der Waals surface area contributed by atoms with E-state index in [4.69, 9.17) is 0 Å². The van der Waals surface area contributed by atoms with Gasteiger partial charge in [0.25, 0.3) is 0 Å². The molecular weight excluding hydrogens is 687 g/mol. The lowest BCUT2D eigenvalue weighted by Gasteiger charge is -2.28. The van der Waals surface area contributed by atoms with Gasteiger partial charge in [-0.15, -0.1) is 0 Å². The molecule has 0 aliphatic rings. The third-order valence-corrected chi connectivity index (χ3v) is 11.6. The first-order valence-corrected chi connectivity index (χ1v) is 19.7. The van der Waals surface area contributed by atoms with E-state index in [1.807, 2.05) is 0 Å². The first kappa shape index (κ1) is 32.9. The Balaban J connectivity index is 1.04. The number of anilines is 3.